The highest BCUT2D eigenvalue weighted by molar-refractivity contribution is 5.83. The molecule has 0 bridgehead atoms. The summed E-state index contributed by atoms with van der Waals surface area (Å²) < 4.78 is 5.99. The van der Waals surface area contributed by atoms with Gasteiger partial charge in [-0.25, -0.2) is 4.79 Å². The van der Waals surface area contributed by atoms with Crippen molar-refractivity contribution in [2.75, 3.05) is 6.54 Å². The number of carboxylic acids is 1. The number of ether oxygens (including phenoxy) is 1. The highest BCUT2D eigenvalue weighted by Crippen LogP contribution is 2.17. The SMILES string of the molecule is CC/C=C\C/C=C\C/C=C\CCCCCC(=O)OC(CCC/C=C\CCCCCCCC)CCCCCCCC(=O)NC(CCCN)C(=O)O. The smallest absolute Gasteiger partial charge is 0.326 e. The van der Waals surface area contributed by atoms with Gasteiger partial charge in [-0.05, 0) is 109 Å². The predicted octanol–water partition coefficient (Wildman–Crippen LogP) is 11.2. The second-order valence-electron chi connectivity index (χ2n) is 13.7. The van der Waals surface area contributed by atoms with E-state index in [0.29, 0.717) is 32.2 Å². The van der Waals surface area contributed by atoms with E-state index in [2.05, 4.69) is 67.8 Å². The zero-order chi connectivity index (χ0) is 36.8. The summed E-state index contributed by atoms with van der Waals surface area (Å²) in [6.07, 6.45) is 44.4. The van der Waals surface area contributed by atoms with E-state index in [1.165, 1.54) is 38.5 Å². The number of esters is 1. The van der Waals surface area contributed by atoms with E-state index in [1.807, 2.05) is 0 Å². The Balaban J connectivity index is 4.42. The number of rotatable bonds is 36. The molecular weight excluding hydrogens is 624 g/mol. The summed E-state index contributed by atoms with van der Waals surface area (Å²) >= 11 is 0. The Morgan fingerprint density at radius 1 is 0.600 bits per heavy atom. The van der Waals surface area contributed by atoms with Gasteiger partial charge in [-0.3, -0.25) is 9.59 Å². The molecule has 0 aliphatic rings. The molecule has 1 amide bonds. The van der Waals surface area contributed by atoms with Crippen LogP contribution in [0.4, 0.5) is 0 Å². The third kappa shape index (κ3) is 33.8. The molecule has 0 aromatic rings. The van der Waals surface area contributed by atoms with Crippen LogP contribution in [0.1, 0.15) is 187 Å². The van der Waals surface area contributed by atoms with Gasteiger partial charge in [0.2, 0.25) is 5.91 Å². The molecule has 7 heteroatoms. The van der Waals surface area contributed by atoms with Gasteiger partial charge in [0.05, 0.1) is 0 Å². The van der Waals surface area contributed by atoms with E-state index in [4.69, 9.17) is 10.5 Å². The fourth-order valence-electron chi connectivity index (χ4n) is 5.82. The Bertz CT molecular complexity index is 926. The highest BCUT2D eigenvalue weighted by Gasteiger charge is 2.19. The minimum atomic E-state index is -1.01. The Kier molecular flexibility index (Phi) is 35.6. The number of amides is 1. The summed E-state index contributed by atoms with van der Waals surface area (Å²) in [5.41, 5.74) is 5.48. The highest BCUT2D eigenvalue weighted by atomic mass is 16.5. The number of nitrogens with two attached hydrogens (primary N) is 1. The molecule has 0 aliphatic carbocycles. The Morgan fingerprint density at radius 2 is 1.12 bits per heavy atom. The minimum absolute atomic E-state index is 0.0323. The maximum Gasteiger partial charge on any atom is 0.326 e. The molecule has 0 saturated carbocycles. The number of carboxylic acid groups (broad SMARTS) is 1. The minimum Gasteiger partial charge on any atom is -0.480 e. The molecule has 0 aliphatic heterocycles. The van der Waals surface area contributed by atoms with Crippen molar-refractivity contribution in [1.29, 1.82) is 0 Å². The first-order valence-electron chi connectivity index (χ1n) is 20.5. The second kappa shape index (κ2) is 37.6. The summed E-state index contributed by atoms with van der Waals surface area (Å²) in [7, 11) is 0. The predicted molar refractivity (Wildman–Crippen MR) is 211 cm³/mol. The van der Waals surface area contributed by atoms with Gasteiger partial charge in [0.15, 0.2) is 0 Å². The van der Waals surface area contributed by atoms with Crippen LogP contribution in [0, 0.1) is 0 Å². The largest absolute Gasteiger partial charge is 0.480 e. The Hall–Kier alpha value is -2.67. The third-order valence-electron chi connectivity index (χ3n) is 8.88. The molecule has 2 unspecified atom stereocenters. The van der Waals surface area contributed by atoms with Crippen molar-refractivity contribution < 1.29 is 24.2 Å². The fourth-order valence-corrected chi connectivity index (χ4v) is 5.82. The fraction of sp³-hybridized carbons (Fsp3) is 0.744. The average molecular weight is 701 g/mol. The maximum atomic E-state index is 12.7. The van der Waals surface area contributed by atoms with E-state index in [0.717, 1.165) is 109 Å². The van der Waals surface area contributed by atoms with Crippen LogP contribution in [0.15, 0.2) is 48.6 Å². The van der Waals surface area contributed by atoms with Gasteiger partial charge in [-0.1, -0.05) is 120 Å². The first-order valence-corrected chi connectivity index (χ1v) is 20.5. The molecule has 0 saturated heterocycles. The number of aliphatic carboxylic acids is 1. The first-order chi connectivity index (χ1) is 24.4. The molecule has 7 nitrogen and oxygen atoms in total. The molecule has 0 rings (SSSR count). The van der Waals surface area contributed by atoms with Crippen molar-refractivity contribution >= 4 is 17.8 Å². The summed E-state index contributed by atoms with van der Waals surface area (Å²) in [6, 6.07) is -0.862. The van der Waals surface area contributed by atoms with Gasteiger partial charge < -0.3 is 20.9 Å². The molecule has 0 aromatic heterocycles. The van der Waals surface area contributed by atoms with E-state index >= 15 is 0 Å². The van der Waals surface area contributed by atoms with Gasteiger partial charge in [0.1, 0.15) is 12.1 Å². The van der Waals surface area contributed by atoms with Crippen LogP contribution < -0.4 is 11.1 Å². The van der Waals surface area contributed by atoms with Gasteiger partial charge in [-0.2, -0.15) is 0 Å². The zero-order valence-corrected chi connectivity index (χ0v) is 32.2. The summed E-state index contributed by atoms with van der Waals surface area (Å²) in [4.78, 5) is 36.3. The molecule has 50 heavy (non-hydrogen) atoms. The lowest BCUT2D eigenvalue weighted by molar-refractivity contribution is -0.150. The van der Waals surface area contributed by atoms with Crippen LogP contribution in [0.2, 0.25) is 0 Å². The third-order valence-corrected chi connectivity index (χ3v) is 8.88. The number of unbranched alkanes of at least 4 members (excludes halogenated alkanes) is 14. The monoisotopic (exact) mass is 701 g/mol. The molecule has 0 fully saturated rings. The van der Waals surface area contributed by atoms with E-state index in [1.54, 1.807) is 0 Å². The maximum absolute atomic E-state index is 12.7. The molecule has 0 radical (unpaired) electrons. The van der Waals surface area contributed by atoms with E-state index in [-0.39, 0.29) is 18.0 Å². The molecule has 0 spiro atoms. The number of hydrogen-bond donors (Lipinski definition) is 3. The second-order valence-corrected chi connectivity index (χ2v) is 13.7. The van der Waals surface area contributed by atoms with Gasteiger partial charge in [0.25, 0.3) is 0 Å². The van der Waals surface area contributed by atoms with Crippen molar-refractivity contribution in [2.24, 2.45) is 5.73 Å². The molecule has 2 atom stereocenters. The van der Waals surface area contributed by atoms with Crippen LogP contribution in [0.5, 0.6) is 0 Å². The van der Waals surface area contributed by atoms with Crippen LogP contribution >= 0.6 is 0 Å². The average Bonchev–Trinajstić information content (AvgIpc) is 3.10. The van der Waals surface area contributed by atoms with Crippen molar-refractivity contribution in [3.8, 4) is 0 Å². The van der Waals surface area contributed by atoms with Crippen molar-refractivity contribution in [1.82, 2.24) is 5.32 Å². The summed E-state index contributed by atoms with van der Waals surface area (Å²) in [5.74, 6) is -1.29. The van der Waals surface area contributed by atoms with Gasteiger partial charge >= 0.3 is 11.9 Å². The molecule has 4 N–H and O–H groups in total. The van der Waals surface area contributed by atoms with E-state index in [9.17, 15) is 19.5 Å². The topological polar surface area (TPSA) is 119 Å². The quantitative estimate of drug-likeness (QED) is 0.0340. The lowest BCUT2D eigenvalue weighted by atomic mass is 10.0. The standard InChI is InChI=1S/C43H76N2O5/c1-3-5-7-9-11-13-15-16-18-20-22-27-31-37-42(47)50-39(33-28-24-21-19-17-14-12-10-8-6-4-2)34-29-25-23-26-30-36-41(46)45-40(43(48)49)35-32-38-44/h5,7,11,13,16,18-19,21,39-40H,3-4,6,8-10,12,14-15,17,20,22-38,44H2,1-2H3,(H,45,46)(H,48,49)/b7-5-,13-11-,18-16-,21-19-. The number of nitrogens with one attached hydrogen (secondary N) is 1. The molecule has 0 aromatic carbocycles. The number of hydrogen-bond acceptors (Lipinski definition) is 5. The van der Waals surface area contributed by atoms with Gasteiger partial charge in [0, 0.05) is 12.8 Å². The van der Waals surface area contributed by atoms with Crippen LogP contribution in [0.3, 0.4) is 0 Å². The lowest BCUT2D eigenvalue weighted by Gasteiger charge is -2.18. The summed E-state index contributed by atoms with van der Waals surface area (Å²) in [6.45, 7) is 4.81. The zero-order valence-electron chi connectivity index (χ0n) is 32.2. The number of allylic oxidation sites excluding steroid dienone is 8. The molecule has 0 heterocycles. The number of carbonyl (C=O) groups excluding carboxylic acids is 2. The van der Waals surface area contributed by atoms with Crippen LogP contribution in [0.25, 0.3) is 0 Å². The molecule has 288 valence electrons. The van der Waals surface area contributed by atoms with Gasteiger partial charge in [-0.15, -0.1) is 0 Å². The van der Waals surface area contributed by atoms with Crippen molar-refractivity contribution in [2.45, 2.75) is 199 Å². The van der Waals surface area contributed by atoms with Crippen LogP contribution in [-0.2, 0) is 19.1 Å². The number of carbonyl (C=O) groups is 3. The Labute approximate surface area is 307 Å². The van der Waals surface area contributed by atoms with Crippen molar-refractivity contribution in [3.05, 3.63) is 48.6 Å². The van der Waals surface area contributed by atoms with E-state index < -0.39 is 12.0 Å². The first kappa shape index (κ1) is 47.3. The molecular formula is C43H76N2O5. The normalized spacial score (nSPS) is 13.2. The Morgan fingerprint density at radius 3 is 1.78 bits per heavy atom. The van der Waals surface area contributed by atoms with Crippen LogP contribution in [-0.4, -0.2) is 41.6 Å². The summed E-state index contributed by atoms with van der Waals surface area (Å²) in [5, 5.41) is 11.9. The lowest BCUT2D eigenvalue weighted by Crippen LogP contribution is -2.40. The van der Waals surface area contributed by atoms with Crippen molar-refractivity contribution in [3.63, 3.8) is 0 Å².